The van der Waals surface area contributed by atoms with Gasteiger partial charge in [-0.2, -0.15) is 0 Å². The molecule has 0 fully saturated rings. The molecule has 0 saturated carbocycles. The Morgan fingerprint density at radius 3 is 2.86 bits per heavy atom. The van der Waals surface area contributed by atoms with E-state index in [1.165, 1.54) is 0 Å². The van der Waals surface area contributed by atoms with Crippen molar-refractivity contribution in [2.24, 2.45) is 10.7 Å². The SMILES string of the molecule is NC1=N[C@H](c2ccc(O)c(Br)c2)n2c(nc3ccccc32)N1. The number of para-hydroxylation sites is 2. The molecule has 1 atom stereocenters. The number of rotatable bonds is 1. The molecule has 0 radical (unpaired) electrons. The minimum Gasteiger partial charge on any atom is -0.507 e. The molecule has 4 N–H and O–H groups in total. The molecule has 0 spiro atoms. The number of halogens is 1. The third-order valence-corrected chi connectivity index (χ3v) is 4.25. The summed E-state index contributed by atoms with van der Waals surface area (Å²) in [6, 6.07) is 13.1. The number of nitrogens with one attached hydrogen (secondary N) is 1. The Morgan fingerprint density at radius 2 is 2.05 bits per heavy atom. The van der Waals surface area contributed by atoms with Gasteiger partial charge >= 0.3 is 0 Å². The maximum absolute atomic E-state index is 9.68. The number of anilines is 1. The molecule has 110 valence electrons. The molecular formula is C15H12BrN5O. The first-order valence-electron chi connectivity index (χ1n) is 6.69. The summed E-state index contributed by atoms with van der Waals surface area (Å²) in [6.07, 6.45) is -0.333. The second kappa shape index (κ2) is 4.74. The van der Waals surface area contributed by atoms with Crippen LogP contribution in [-0.4, -0.2) is 20.6 Å². The average Bonchev–Trinajstić information content (AvgIpc) is 2.87. The van der Waals surface area contributed by atoms with Crippen LogP contribution in [0.5, 0.6) is 5.75 Å². The van der Waals surface area contributed by atoms with Gasteiger partial charge < -0.3 is 10.8 Å². The van der Waals surface area contributed by atoms with Crippen molar-refractivity contribution in [2.75, 3.05) is 5.32 Å². The summed E-state index contributed by atoms with van der Waals surface area (Å²) in [5.41, 5.74) is 8.63. The van der Waals surface area contributed by atoms with Crippen LogP contribution in [0, 0.1) is 0 Å². The zero-order valence-corrected chi connectivity index (χ0v) is 12.9. The highest BCUT2D eigenvalue weighted by atomic mass is 79.9. The molecule has 2 aromatic carbocycles. The van der Waals surface area contributed by atoms with Crippen LogP contribution in [0.1, 0.15) is 11.7 Å². The fourth-order valence-electron chi connectivity index (χ4n) is 2.62. The maximum atomic E-state index is 9.68. The van der Waals surface area contributed by atoms with Crippen LogP contribution in [-0.2, 0) is 0 Å². The molecule has 6 nitrogen and oxygen atoms in total. The van der Waals surface area contributed by atoms with Crippen molar-refractivity contribution < 1.29 is 5.11 Å². The molecule has 2 heterocycles. The molecular weight excluding hydrogens is 346 g/mol. The van der Waals surface area contributed by atoms with E-state index in [0.717, 1.165) is 16.6 Å². The Bertz CT molecular complexity index is 917. The molecule has 1 aliphatic rings. The number of imidazole rings is 1. The summed E-state index contributed by atoms with van der Waals surface area (Å²) in [5.74, 6) is 1.16. The molecule has 22 heavy (non-hydrogen) atoms. The van der Waals surface area contributed by atoms with Crippen LogP contribution in [0.15, 0.2) is 51.9 Å². The van der Waals surface area contributed by atoms with Gasteiger partial charge in [0.05, 0.1) is 15.5 Å². The van der Waals surface area contributed by atoms with Gasteiger partial charge in [0.15, 0.2) is 12.1 Å². The first-order valence-corrected chi connectivity index (χ1v) is 7.48. The molecule has 7 heteroatoms. The number of aromatic nitrogens is 2. The lowest BCUT2D eigenvalue weighted by Crippen LogP contribution is -2.31. The first-order chi connectivity index (χ1) is 10.6. The molecule has 0 aliphatic carbocycles. The predicted octanol–water partition coefficient (Wildman–Crippen LogP) is 2.79. The van der Waals surface area contributed by atoms with Crippen LogP contribution in [0.2, 0.25) is 0 Å². The van der Waals surface area contributed by atoms with E-state index < -0.39 is 0 Å². The lowest BCUT2D eigenvalue weighted by atomic mass is 10.1. The van der Waals surface area contributed by atoms with E-state index in [1.54, 1.807) is 6.07 Å². The third-order valence-electron chi connectivity index (χ3n) is 3.61. The Balaban J connectivity index is 1.96. The molecule has 0 saturated heterocycles. The van der Waals surface area contributed by atoms with Gasteiger partial charge in [-0.05, 0) is 45.8 Å². The van der Waals surface area contributed by atoms with E-state index in [2.05, 4.69) is 31.2 Å². The second-order valence-corrected chi connectivity index (χ2v) is 5.87. The van der Waals surface area contributed by atoms with Gasteiger partial charge in [-0.1, -0.05) is 18.2 Å². The number of nitrogens with zero attached hydrogens (tertiary/aromatic N) is 3. The van der Waals surface area contributed by atoms with Gasteiger partial charge in [0.2, 0.25) is 5.95 Å². The Hall–Kier alpha value is -2.54. The highest BCUT2D eigenvalue weighted by Crippen LogP contribution is 2.35. The normalized spacial score (nSPS) is 17.0. The zero-order valence-electron chi connectivity index (χ0n) is 11.4. The Kier molecular flexibility index (Phi) is 2.83. The number of fused-ring (bicyclic) bond motifs is 3. The molecule has 4 rings (SSSR count). The van der Waals surface area contributed by atoms with Crippen LogP contribution in [0.4, 0.5) is 5.95 Å². The summed E-state index contributed by atoms with van der Waals surface area (Å²) in [7, 11) is 0. The summed E-state index contributed by atoms with van der Waals surface area (Å²) < 4.78 is 2.60. The second-order valence-electron chi connectivity index (χ2n) is 5.02. The van der Waals surface area contributed by atoms with Gasteiger partial charge in [0.25, 0.3) is 0 Å². The number of benzene rings is 2. The Labute approximate surface area is 134 Å². The molecule has 0 amide bonds. The summed E-state index contributed by atoms with van der Waals surface area (Å²) in [4.78, 5) is 9.04. The third kappa shape index (κ3) is 1.93. The minimum absolute atomic E-state index is 0.186. The van der Waals surface area contributed by atoms with E-state index in [4.69, 9.17) is 5.73 Å². The molecule has 1 aliphatic heterocycles. The molecule has 0 unspecified atom stereocenters. The van der Waals surface area contributed by atoms with Crippen LogP contribution in [0.3, 0.4) is 0 Å². The van der Waals surface area contributed by atoms with Crippen molar-refractivity contribution in [3.05, 3.63) is 52.5 Å². The van der Waals surface area contributed by atoms with E-state index >= 15 is 0 Å². The van der Waals surface area contributed by atoms with E-state index in [-0.39, 0.29) is 11.9 Å². The number of phenols is 1. The largest absolute Gasteiger partial charge is 0.507 e. The van der Waals surface area contributed by atoms with Gasteiger partial charge in [0, 0.05) is 0 Å². The van der Waals surface area contributed by atoms with Crippen molar-refractivity contribution in [2.45, 2.75) is 6.17 Å². The fraction of sp³-hybridized carbons (Fsp3) is 0.0667. The van der Waals surface area contributed by atoms with Crippen LogP contribution in [0.25, 0.3) is 11.0 Å². The molecule has 0 bridgehead atoms. The van der Waals surface area contributed by atoms with E-state index in [9.17, 15) is 5.11 Å². The molecule has 3 aromatic rings. The summed E-state index contributed by atoms with van der Waals surface area (Å²) >= 11 is 3.34. The van der Waals surface area contributed by atoms with Gasteiger partial charge in [0.1, 0.15) is 5.75 Å². The van der Waals surface area contributed by atoms with E-state index in [1.807, 2.05) is 41.0 Å². The maximum Gasteiger partial charge on any atom is 0.212 e. The van der Waals surface area contributed by atoms with E-state index in [0.29, 0.717) is 16.4 Å². The number of hydrogen-bond acceptors (Lipinski definition) is 5. The minimum atomic E-state index is -0.333. The first kappa shape index (κ1) is 13.1. The average molecular weight is 358 g/mol. The van der Waals surface area contributed by atoms with Crippen LogP contribution >= 0.6 is 15.9 Å². The number of nitrogens with two attached hydrogens (primary N) is 1. The van der Waals surface area contributed by atoms with Crippen molar-refractivity contribution >= 4 is 38.9 Å². The van der Waals surface area contributed by atoms with Crippen molar-refractivity contribution in [3.8, 4) is 5.75 Å². The number of guanidine groups is 1. The van der Waals surface area contributed by atoms with Crippen molar-refractivity contribution in [1.29, 1.82) is 0 Å². The smallest absolute Gasteiger partial charge is 0.212 e. The van der Waals surface area contributed by atoms with Gasteiger partial charge in [-0.25, -0.2) is 9.98 Å². The molecule has 1 aromatic heterocycles. The summed E-state index contributed by atoms with van der Waals surface area (Å²) in [5, 5.41) is 12.7. The monoisotopic (exact) mass is 357 g/mol. The topological polar surface area (TPSA) is 88.5 Å². The van der Waals surface area contributed by atoms with Crippen LogP contribution < -0.4 is 11.1 Å². The fourth-order valence-corrected chi connectivity index (χ4v) is 3.02. The lowest BCUT2D eigenvalue weighted by Gasteiger charge is -2.24. The number of aromatic hydroxyl groups is 1. The zero-order chi connectivity index (χ0) is 15.3. The summed E-state index contributed by atoms with van der Waals surface area (Å²) in [6.45, 7) is 0. The highest BCUT2D eigenvalue weighted by Gasteiger charge is 2.25. The highest BCUT2D eigenvalue weighted by molar-refractivity contribution is 9.10. The number of hydrogen-bond donors (Lipinski definition) is 3. The van der Waals surface area contributed by atoms with Gasteiger partial charge in [-0.3, -0.25) is 9.88 Å². The van der Waals surface area contributed by atoms with Crippen molar-refractivity contribution in [3.63, 3.8) is 0 Å². The van der Waals surface area contributed by atoms with Gasteiger partial charge in [-0.15, -0.1) is 0 Å². The predicted molar refractivity (Wildman–Crippen MR) is 88.9 cm³/mol. The Morgan fingerprint density at radius 1 is 1.23 bits per heavy atom. The lowest BCUT2D eigenvalue weighted by molar-refractivity contribution is 0.471. The number of aliphatic imine (C=N–C) groups is 1. The number of phenolic OH excluding ortho intramolecular Hbond substituents is 1. The standard InChI is InChI=1S/C15H12BrN5O/c16-9-7-8(5-6-12(9)22)13-19-14(17)20-15-18-10-3-1-2-4-11(10)21(13)15/h1-7,13,22H,(H3,17,18,19,20)/t13-/m0/s1. The van der Waals surface area contributed by atoms with Crippen molar-refractivity contribution in [1.82, 2.24) is 9.55 Å². The quantitative estimate of drug-likeness (QED) is 0.624.